The van der Waals surface area contributed by atoms with Crippen LogP contribution in [0.1, 0.15) is 32.3 Å². The lowest BCUT2D eigenvalue weighted by atomic mass is 10.2. The monoisotopic (exact) mass is 293 g/mol. The highest BCUT2D eigenvalue weighted by atomic mass is 32.2. The lowest BCUT2D eigenvalue weighted by Gasteiger charge is -2.09. The van der Waals surface area contributed by atoms with Crippen LogP contribution < -0.4 is 4.72 Å². The minimum atomic E-state index is -3.42. The third-order valence-electron chi connectivity index (χ3n) is 2.86. The summed E-state index contributed by atoms with van der Waals surface area (Å²) in [6.45, 7) is 6.38. The Hall–Kier alpha value is -1.35. The molecule has 1 atom stereocenters. The summed E-state index contributed by atoms with van der Waals surface area (Å²) in [5, 5.41) is 0. The van der Waals surface area contributed by atoms with Gasteiger partial charge in [0.2, 0.25) is 10.0 Å². The summed E-state index contributed by atoms with van der Waals surface area (Å²) in [5.74, 6) is 0.114. The second kappa shape index (κ2) is 8.05. The Labute approximate surface area is 122 Å². The molecule has 1 unspecified atom stereocenters. The van der Waals surface area contributed by atoms with E-state index in [-0.39, 0.29) is 5.92 Å². The van der Waals surface area contributed by atoms with Crippen molar-refractivity contribution in [2.75, 3.05) is 6.54 Å². The standard InChI is InChI=1S/C16H23NO2S/c1-4-5-6-7-8-15(3)13-17-20(18,19)16-11-9-14(2)10-12-16/h6,8-12,15,17H,4-5,13H2,1-3H3. The molecule has 4 heteroatoms. The molecule has 0 fully saturated rings. The molecular weight excluding hydrogens is 270 g/mol. The summed E-state index contributed by atoms with van der Waals surface area (Å²) in [6, 6.07) is 6.84. The highest BCUT2D eigenvalue weighted by molar-refractivity contribution is 7.89. The Morgan fingerprint density at radius 2 is 1.95 bits per heavy atom. The molecular formula is C16H23NO2S. The van der Waals surface area contributed by atoms with Crippen molar-refractivity contribution >= 4 is 10.0 Å². The molecule has 0 aliphatic carbocycles. The van der Waals surface area contributed by atoms with Crippen LogP contribution in [0.15, 0.2) is 47.0 Å². The summed E-state index contributed by atoms with van der Waals surface area (Å²) >= 11 is 0. The molecule has 0 amide bonds. The first kappa shape index (κ1) is 16.7. The second-order valence-electron chi connectivity index (χ2n) is 4.97. The first-order chi connectivity index (χ1) is 9.45. The van der Waals surface area contributed by atoms with Gasteiger partial charge >= 0.3 is 0 Å². The lowest BCUT2D eigenvalue weighted by Crippen LogP contribution is -2.27. The van der Waals surface area contributed by atoms with Gasteiger partial charge < -0.3 is 0 Å². The fraction of sp³-hybridized carbons (Fsp3) is 0.438. The van der Waals surface area contributed by atoms with Crippen molar-refractivity contribution in [3.05, 3.63) is 47.7 Å². The largest absolute Gasteiger partial charge is 0.240 e. The predicted molar refractivity (Wildman–Crippen MR) is 83.1 cm³/mol. The van der Waals surface area contributed by atoms with Crippen LogP contribution in [0.3, 0.4) is 0 Å². The van der Waals surface area contributed by atoms with Gasteiger partial charge in [-0.2, -0.15) is 0 Å². The number of sulfonamides is 1. The van der Waals surface area contributed by atoms with Crippen LogP contribution >= 0.6 is 0 Å². The molecule has 0 radical (unpaired) electrons. The maximum Gasteiger partial charge on any atom is 0.240 e. The molecule has 0 bridgehead atoms. The van der Waals surface area contributed by atoms with Gasteiger partial charge in [-0.15, -0.1) is 5.73 Å². The van der Waals surface area contributed by atoms with Gasteiger partial charge in [0.05, 0.1) is 4.90 Å². The molecule has 0 spiro atoms. The zero-order chi connectivity index (χ0) is 15.0. The highest BCUT2D eigenvalue weighted by Crippen LogP contribution is 2.10. The van der Waals surface area contributed by atoms with E-state index in [1.165, 1.54) is 0 Å². The van der Waals surface area contributed by atoms with Crippen LogP contribution in [0.25, 0.3) is 0 Å². The Kier molecular flexibility index (Phi) is 6.73. The third kappa shape index (κ3) is 5.74. The molecule has 0 saturated heterocycles. The summed E-state index contributed by atoms with van der Waals surface area (Å²) in [4.78, 5) is 0.306. The molecule has 1 rings (SSSR count). The zero-order valence-corrected chi connectivity index (χ0v) is 13.2. The maximum absolute atomic E-state index is 12.1. The van der Waals surface area contributed by atoms with E-state index < -0.39 is 10.0 Å². The van der Waals surface area contributed by atoms with E-state index in [2.05, 4.69) is 17.4 Å². The van der Waals surface area contributed by atoms with Crippen molar-refractivity contribution < 1.29 is 8.42 Å². The lowest BCUT2D eigenvalue weighted by molar-refractivity contribution is 0.571. The van der Waals surface area contributed by atoms with Gasteiger partial charge in [-0.05, 0) is 43.5 Å². The minimum absolute atomic E-state index is 0.114. The summed E-state index contributed by atoms with van der Waals surface area (Å²) < 4.78 is 26.8. The Morgan fingerprint density at radius 3 is 2.55 bits per heavy atom. The van der Waals surface area contributed by atoms with Crippen molar-refractivity contribution in [3.8, 4) is 0 Å². The number of hydrogen-bond donors (Lipinski definition) is 1. The second-order valence-corrected chi connectivity index (χ2v) is 6.74. The number of aryl methyl sites for hydroxylation is 1. The average molecular weight is 293 g/mol. The van der Waals surface area contributed by atoms with Crippen LogP contribution in [0, 0.1) is 12.8 Å². The van der Waals surface area contributed by atoms with E-state index in [1.54, 1.807) is 24.3 Å². The summed E-state index contributed by atoms with van der Waals surface area (Å²) in [6.07, 6.45) is 5.96. The number of benzene rings is 1. The molecule has 20 heavy (non-hydrogen) atoms. The topological polar surface area (TPSA) is 46.2 Å². The van der Waals surface area contributed by atoms with Gasteiger partial charge in [0.1, 0.15) is 0 Å². The van der Waals surface area contributed by atoms with Gasteiger partial charge in [0.15, 0.2) is 0 Å². The van der Waals surface area contributed by atoms with Crippen molar-refractivity contribution in [2.24, 2.45) is 5.92 Å². The molecule has 1 N–H and O–H groups in total. The fourth-order valence-corrected chi connectivity index (χ4v) is 2.70. The fourth-order valence-electron chi connectivity index (χ4n) is 1.56. The van der Waals surface area contributed by atoms with E-state index in [1.807, 2.05) is 26.0 Å². The molecule has 0 saturated carbocycles. The molecule has 110 valence electrons. The third-order valence-corrected chi connectivity index (χ3v) is 4.30. The van der Waals surface area contributed by atoms with Crippen molar-refractivity contribution in [1.29, 1.82) is 0 Å². The molecule has 1 aromatic carbocycles. The van der Waals surface area contributed by atoms with Crippen LogP contribution in [0.2, 0.25) is 0 Å². The van der Waals surface area contributed by atoms with Crippen LogP contribution in [-0.2, 0) is 10.0 Å². The maximum atomic E-state index is 12.1. The Morgan fingerprint density at radius 1 is 1.30 bits per heavy atom. The smallest absolute Gasteiger partial charge is 0.211 e. The molecule has 0 aromatic heterocycles. The van der Waals surface area contributed by atoms with Crippen molar-refractivity contribution in [2.45, 2.75) is 38.5 Å². The van der Waals surface area contributed by atoms with Crippen molar-refractivity contribution in [3.63, 3.8) is 0 Å². The number of nitrogens with one attached hydrogen (secondary N) is 1. The average Bonchev–Trinajstić information content (AvgIpc) is 2.42. The zero-order valence-electron chi connectivity index (χ0n) is 12.4. The van der Waals surface area contributed by atoms with E-state index in [0.29, 0.717) is 11.4 Å². The van der Waals surface area contributed by atoms with Gasteiger partial charge in [-0.25, -0.2) is 13.1 Å². The number of unbranched alkanes of at least 4 members (excludes halogenated alkanes) is 1. The molecule has 0 aliphatic heterocycles. The van der Waals surface area contributed by atoms with Gasteiger partial charge in [0, 0.05) is 6.54 Å². The molecule has 1 aromatic rings. The Bertz CT molecular complexity index is 567. The highest BCUT2D eigenvalue weighted by Gasteiger charge is 2.13. The van der Waals surface area contributed by atoms with E-state index in [4.69, 9.17) is 0 Å². The predicted octanol–water partition coefficient (Wildman–Crippen LogP) is 3.42. The van der Waals surface area contributed by atoms with Crippen LogP contribution in [0.4, 0.5) is 0 Å². The van der Waals surface area contributed by atoms with Gasteiger partial charge in [0.25, 0.3) is 0 Å². The van der Waals surface area contributed by atoms with Gasteiger partial charge in [-0.1, -0.05) is 38.0 Å². The minimum Gasteiger partial charge on any atom is -0.211 e. The molecule has 0 aliphatic rings. The van der Waals surface area contributed by atoms with Crippen LogP contribution in [0.5, 0.6) is 0 Å². The van der Waals surface area contributed by atoms with Crippen molar-refractivity contribution in [1.82, 2.24) is 4.72 Å². The van der Waals surface area contributed by atoms with Gasteiger partial charge in [-0.3, -0.25) is 0 Å². The normalized spacial score (nSPS) is 12.6. The molecule has 3 nitrogen and oxygen atoms in total. The van der Waals surface area contributed by atoms with Crippen LogP contribution in [-0.4, -0.2) is 15.0 Å². The SMILES string of the molecule is CCCC=C=CC(C)CNS(=O)(=O)c1ccc(C)cc1. The summed E-state index contributed by atoms with van der Waals surface area (Å²) in [5.41, 5.74) is 4.13. The number of rotatable bonds is 7. The van der Waals surface area contributed by atoms with E-state index >= 15 is 0 Å². The summed E-state index contributed by atoms with van der Waals surface area (Å²) in [7, 11) is -3.42. The Balaban J connectivity index is 2.59. The van der Waals surface area contributed by atoms with E-state index in [0.717, 1.165) is 18.4 Å². The van der Waals surface area contributed by atoms with E-state index in [9.17, 15) is 8.42 Å². The number of hydrogen-bond acceptors (Lipinski definition) is 2. The first-order valence-corrected chi connectivity index (χ1v) is 8.41. The molecule has 0 heterocycles. The quantitative estimate of drug-likeness (QED) is 0.783. The first-order valence-electron chi connectivity index (χ1n) is 6.93.